The number of nitrogens with one attached hydrogen (secondary N) is 2. The second-order valence-corrected chi connectivity index (χ2v) is 7.66. The number of aromatic nitrogens is 2. The Balaban J connectivity index is 1.68. The summed E-state index contributed by atoms with van der Waals surface area (Å²) in [6.45, 7) is 0. The molecule has 1 aliphatic carbocycles. The fraction of sp³-hybridized carbons (Fsp3) is 0.318. The van der Waals surface area contributed by atoms with E-state index in [-0.39, 0.29) is 29.3 Å². The third-order valence-electron chi connectivity index (χ3n) is 5.48. The highest BCUT2D eigenvalue weighted by atomic mass is 19.1. The maximum Gasteiger partial charge on any atom is 0.252 e. The number of carbonyl (C=O) groups excluding carboxylic acids is 1. The normalized spacial score (nSPS) is 18.2. The maximum atomic E-state index is 14.7. The minimum absolute atomic E-state index is 0.00702. The van der Waals surface area contributed by atoms with Crippen LogP contribution in [0.5, 0.6) is 5.88 Å². The molecule has 0 aliphatic heterocycles. The van der Waals surface area contributed by atoms with Crippen LogP contribution in [0.25, 0.3) is 11.3 Å². The van der Waals surface area contributed by atoms with Gasteiger partial charge in [-0.25, -0.2) is 14.4 Å². The second kappa shape index (κ2) is 9.23. The topological polar surface area (TPSA) is 141 Å². The van der Waals surface area contributed by atoms with Crippen LogP contribution in [0.1, 0.15) is 36.0 Å². The molecule has 2 unspecified atom stereocenters. The molecule has 6 N–H and O–H groups in total. The van der Waals surface area contributed by atoms with Crippen molar-refractivity contribution in [2.75, 3.05) is 17.7 Å². The van der Waals surface area contributed by atoms with Gasteiger partial charge in [-0.15, -0.1) is 0 Å². The summed E-state index contributed by atoms with van der Waals surface area (Å²) >= 11 is 0. The van der Waals surface area contributed by atoms with Crippen molar-refractivity contribution >= 4 is 23.2 Å². The molecule has 3 aromatic rings. The minimum atomic E-state index is -0.812. The molecule has 0 saturated heterocycles. The van der Waals surface area contributed by atoms with Crippen LogP contribution in [-0.4, -0.2) is 35.1 Å². The van der Waals surface area contributed by atoms with Crippen LogP contribution < -0.4 is 26.8 Å². The van der Waals surface area contributed by atoms with Gasteiger partial charge in [-0.2, -0.15) is 0 Å². The number of anilines is 3. The number of hydrogen-bond donors (Lipinski definition) is 4. The van der Waals surface area contributed by atoms with E-state index in [0.29, 0.717) is 22.9 Å². The van der Waals surface area contributed by atoms with Gasteiger partial charge in [0.2, 0.25) is 5.88 Å². The summed E-state index contributed by atoms with van der Waals surface area (Å²) < 4.78 is 25.5. The van der Waals surface area contributed by atoms with E-state index in [4.69, 9.17) is 20.6 Å². The first-order chi connectivity index (χ1) is 15.5. The van der Waals surface area contributed by atoms with Gasteiger partial charge in [-0.05, 0) is 37.1 Å². The zero-order valence-corrected chi connectivity index (χ0v) is 17.6. The van der Waals surface area contributed by atoms with E-state index in [9.17, 15) is 9.18 Å². The molecule has 0 spiro atoms. The predicted octanol–water partition coefficient (Wildman–Crippen LogP) is 3.41. The van der Waals surface area contributed by atoms with Crippen molar-refractivity contribution in [1.82, 2.24) is 9.97 Å². The van der Waals surface area contributed by atoms with Crippen LogP contribution in [0, 0.1) is 5.82 Å². The Kier molecular flexibility index (Phi) is 6.22. The number of halogens is 1. The Labute approximate surface area is 184 Å². The van der Waals surface area contributed by atoms with Crippen LogP contribution in [0.4, 0.5) is 21.7 Å². The monoisotopic (exact) mass is 440 g/mol. The van der Waals surface area contributed by atoms with Crippen molar-refractivity contribution in [1.29, 1.82) is 0 Å². The van der Waals surface area contributed by atoms with E-state index in [1.807, 2.05) is 0 Å². The molecule has 1 aliphatic rings. The highest BCUT2D eigenvalue weighted by Crippen LogP contribution is 2.32. The molecule has 1 amide bonds. The van der Waals surface area contributed by atoms with Gasteiger partial charge in [-0.3, -0.25) is 4.79 Å². The summed E-state index contributed by atoms with van der Waals surface area (Å²) in [4.78, 5) is 20.5. The molecule has 4 rings (SSSR count). The molecule has 9 nitrogen and oxygen atoms in total. The molecule has 0 aromatic carbocycles. The van der Waals surface area contributed by atoms with E-state index in [1.165, 1.54) is 19.6 Å². The first-order valence-electron chi connectivity index (χ1n) is 10.3. The number of nitrogens with two attached hydrogens (primary N) is 2. The van der Waals surface area contributed by atoms with Gasteiger partial charge in [0.05, 0.1) is 36.4 Å². The number of pyridine rings is 2. The molecule has 10 heteroatoms. The molecular formula is C22H25FN6O3. The van der Waals surface area contributed by atoms with Gasteiger partial charge in [0.15, 0.2) is 11.6 Å². The number of carbonyl (C=O) groups is 1. The van der Waals surface area contributed by atoms with Crippen molar-refractivity contribution in [2.45, 2.75) is 37.8 Å². The number of nitrogens with zero attached hydrogens (tertiary/aromatic N) is 2. The lowest BCUT2D eigenvalue weighted by atomic mass is 9.91. The quantitative estimate of drug-likeness (QED) is 0.438. The third kappa shape index (κ3) is 4.50. The van der Waals surface area contributed by atoms with Gasteiger partial charge in [0.25, 0.3) is 5.91 Å². The summed E-state index contributed by atoms with van der Waals surface area (Å²) in [6.07, 6.45) is 6.77. The Morgan fingerprint density at radius 2 is 2.09 bits per heavy atom. The lowest BCUT2D eigenvalue weighted by Gasteiger charge is -2.30. The van der Waals surface area contributed by atoms with E-state index in [0.717, 1.165) is 31.7 Å². The minimum Gasteiger partial charge on any atom is -0.480 e. The van der Waals surface area contributed by atoms with Gasteiger partial charge >= 0.3 is 0 Å². The maximum absolute atomic E-state index is 14.7. The third-order valence-corrected chi connectivity index (χ3v) is 5.48. The number of amides is 1. The Bertz CT molecular complexity index is 1110. The number of rotatable bonds is 7. The van der Waals surface area contributed by atoms with Crippen LogP contribution in [-0.2, 0) is 0 Å². The molecule has 3 heterocycles. The van der Waals surface area contributed by atoms with Crippen LogP contribution in [0.2, 0.25) is 0 Å². The number of methoxy groups -OCH3 is 1. The van der Waals surface area contributed by atoms with Crippen molar-refractivity contribution in [2.24, 2.45) is 11.5 Å². The summed E-state index contributed by atoms with van der Waals surface area (Å²) in [5.74, 6) is -0.468. The zero-order chi connectivity index (χ0) is 22.7. The van der Waals surface area contributed by atoms with E-state index < -0.39 is 11.7 Å². The molecule has 0 radical (unpaired) electrons. The smallest absolute Gasteiger partial charge is 0.252 e. The second-order valence-electron chi connectivity index (χ2n) is 7.66. The van der Waals surface area contributed by atoms with Crippen LogP contribution in [0.15, 0.2) is 41.1 Å². The molecule has 1 saturated carbocycles. The van der Waals surface area contributed by atoms with Gasteiger partial charge in [-0.1, -0.05) is 12.8 Å². The summed E-state index contributed by atoms with van der Waals surface area (Å²) in [5.41, 5.74) is 12.6. The lowest BCUT2D eigenvalue weighted by Crippen LogP contribution is -2.43. The number of hydrogen-bond acceptors (Lipinski definition) is 8. The first kappa shape index (κ1) is 21.6. The van der Waals surface area contributed by atoms with Crippen molar-refractivity contribution in [3.63, 3.8) is 0 Å². The number of furan rings is 1. The Morgan fingerprint density at radius 1 is 1.28 bits per heavy atom. The molecule has 168 valence electrons. The largest absolute Gasteiger partial charge is 0.480 e. The highest BCUT2D eigenvalue weighted by Gasteiger charge is 2.24. The first-order valence-corrected chi connectivity index (χ1v) is 10.3. The molecule has 0 bridgehead atoms. The molecule has 2 atom stereocenters. The average molecular weight is 440 g/mol. The standard InChI is InChI=1S/C22H25FN6O3/c1-31-22-13(18-7-4-8-32-18)9-12(11-26-22)27-20-14(19(25)30)10-15(23)21(29-20)28-17-6-3-2-5-16(17)24/h4,7-11,16-17H,2-3,5-6,24H2,1H3,(H2,25,30)(H2,27,28,29). The summed E-state index contributed by atoms with van der Waals surface area (Å²) in [7, 11) is 1.50. The SMILES string of the molecule is COc1ncc(Nc2nc(NC3CCCCC3N)c(F)cc2C(N)=O)cc1-c1ccco1. The van der Waals surface area contributed by atoms with Gasteiger partial charge in [0, 0.05) is 12.1 Å². The van der Waals surface area contributed by atoms with Crippen LogP contribution >= 0.6 is 0 Å². The lowest BCUT2D eigenvalue weighted by molar-refractivity contribution is 0.100. The fourth-order valence-corrected chi connectivity index (χ4v) is 3.82. The van der Waals surface area contributed by atoms with Crippen molar-refractivity contribution in [3.05, 3.63) is 48.1 Å². The predicted molar refractivity (Wildman–Crippen MR) is 118 cm³/mol. The van der Waals surface area contributed by atoms with Crippen molar-refractivity contribution < 1.29 is 18.3 Å². The Morgan fingerprint density at radius 3 is 2.78 bits per heavy atom. The zero-order valence-electron chi connectivity index (χ0n) is 17.6. The van der Waals surface area contributed by atoms with Crippen LogP contribution in [0.3, 0.4) is 0 Å². The summed E-state index contributed by atoms with van der Waals surface area (Å²) in [5, 5.41) is 6.10. The molecule has 3 aromatic heterocycles. The fourth-order valence-electron chi connectivity index (χ4n) is 3.82. The van der Waals surface area contributed by atoms with Crippen molar-refractivity contribution in [3.8, 4) is 17.2 Å². The van der Waals surface area contributed by atoms with E-state index in [1.54, 1.807) is 18.2 Å². The molecule has 32 heavy (non-hydrogen) atoms. The Hall–Kier alpha value is -3.66. The van der Waals surface area contributed by atoms with Gasteiger partial charge in [0.1, 0.15) is 11.6 Å². The van der Waals surface area contributed by atoms with Gasteiger partial charge < -0.3 is 31.3 Å². The molecule has 1 fully saturated rings. The molecular weight excluding hydrogens is 415 g/mol. The number of primary amides is 1. The highest BCUT2D eigenvalue weighted by molar-refractivity contribution is 5.98. The average Bonchev–Trinajstić information content (AvgIpc) is 3.32. The summed E-state index contributed by atoms with van der Waals surface area (Å²) in [6, 6.07) is 6.10. The van der Waals surface area contributed by atoms with E-state index >= 15 is 0 Å². The number of ether oxygens (including phenoxy) is 1. The van der Waals surface area contributed by atoms with E-state index in [2.05, 4.69) is 20.6 Å².